The number of nitrogens with one attached hydrogen (secondary N) is 1. The van der Waals surface area contributed by atoms with Crippen molar-refractivity contribution < 1.29 is 61.5 Å². The molecule has 1 amide bonds. The van der Waals surface area contributed by atoms with Gasteiger partial charge in [-0.1, -0.05) is 83.9 Å². The number of aromatic nitrogens is 1. The third-order valence-electron chi connectivity index (χ3n) is 12.8. The molecule has 5 aliphatic rings. The van der Waals surface area contributed by atoms with E-state index in [0.717, 1.165) is 68.8 Å². The van der Waals surface area contributed by atoms with E-state index in [1.54, 1.807) is 36.4 Å². The highest BCUT2D eigenvalue weighted by Crippen LogP contribution is 2.39. The number of alkyl halides is 2. The lowest BCUT2D eigenvalue weighted by atomic mass is 9.86. The molecule has 0 radical (unpaired) electrons. The van der Waals surface area contributed by atoms with Crippen molar-refractivity contribution in [1.82, 2.24) is 15.1 Å². The molecular weight excluding hydrogens is 998 g/mol. The summed E-state index contributed by atoms with van der Waals surface area (Å²) in [5.41, 5.74) is 3.31. The van der Waals surface area contributed by atoms with Crippen molar-refractivity contribution in [3.05, 3.63) is 158 Å². The van der Waals surface area contributed by atoms with Crippen LogP contribution in [-0.4, -0.2) is 96.0 Å². The Hall–Kier alpha value is -6.18. The van der Waals surface area contributed by atoms with Crippen LogP contribution in [0.3, 0.4) is 0 Å². The van der Waals surface area contributed by atoms with Crippen LogP contribution >= 0.6 is 35.0 Å². The second kappa shape index (κ2) is 24.5. The van der Waals surface area contributed by atoms with Crippen molar-refractivity contribution >= 4 is 59.5 Å². The molecule has 0 unspecified atom stereocenters. The molecule has 5 aromatic rings. The van der Waals surface area contributed by atoms with E-state index in [2.05, 4.69) is 10.2 Å². The topological polar surface area (TPSA) is 180 Å². The standard InChI is InChI=1S/C51H50Cl2F2N4O9S.CH2O2/c52-40-27-59(63)28-41(53)39(40)25-43(35-14-15-42(67-50(54)55)44(24-35)64-30-31-12-13-31)66-49(61)47-58(20-21-69-47)26-32-6-4-10-37(22-32)48(60)65-38-11-5-9-36(23-38)46(34-7-2-1-3-8-34)56-51(62)68-45-29-57-18-16-33(45)17-19-57;2-1-3/h1-11,14-15,22-24,27-28,31,33,43,45-47,50H,12-13,16-21,25-26,29-30H2,(H,56,62);1H,(H,2,3)/t43-,45-,46-,47-;/m0./s1. The maximum Gasteiger partial charge on any atom is 0.408 e. The molecule has 5 heterocycles. The summed E-state index contributed by atoms with van der Waals surface area (Å²) >= 11 is 14.4. The van der Waals surface area contributed by atoms with Gasteiger partial charge in [0.25, 0.3) is 6.47 Å². The van der Waals surface area contributed by atoms with Gasteiger partial charge in [0.15, 0.2) is 29.3 Å². The first kappa shape index (κ1) is 52.2. The van der Waals surface area contributed by atoms with Crippen LogP contribution in [0, 0.1) is 17.0 Å². The number of hydrogen-bond acceptors (Lipinski definition) is 13. The van der Waals surface area contributed by atoms with Crippen LogP contribution in [0.2, 0.25) is 10.0 Å². The minimum absolute atomic E-state index is 0.0504. The normalized spacial score (nSPS) is 20.1. The van der Waals surface area contributed by atoms with Gasteiger partial charge in [-0.3, -0.25) is 14.6 Å². The lowest BCUT2D eigenvalue weighted by Crippen LogP contribution is -2.52. The Balaban J connectivity index is 0.00000226. The van der Waals surface area contributed by atoms with E-state index in [1.807, 2.05) is 47.4 Å². The van der Waals surface area contributed by atoms with Crippen molar-refractivity contribution in [1.29, 1.82) is 0 Å². The van der Waals surface area contributed by atoms with Crippen LogP contribution < -0.4 is 24.3 Å². The summed E-state index contributed by atoms with van der Waals surface area (Å²) in [5.74, 6) is 0.275. The van der Waals surface area contributed by atoms with Crippen LogP contribution in [-0.2, 0) is 32.0 Å². The lowest BCUT2D eigenvalue weighted by Gasteiger charge is -2.43. The molecule has 1 saturated carbocycles. The maximum absolute atomic E-state index is 14.2. The quantitative estimate of drug-likeness (QED) is 0.0279. The van der Waals surface area contributed by atoms with Gasteiger partial charge < -0.3 is 39.3 Å². The Bertz CT molecular complexity index is 2680. The molecule has 5 fully saturated rings. The minimum atomic E-state index is -3.09. The number of rotatable bonds is 18. The molecule has 4 atom stereocenters. The van der Waals surface area contributed by atoms with Gasteiger partial charge in [-0.25, -0.2) is 14.4 Å². The Morgan fingerprint density at radius 2 is 1.60 bits per heavy atom. The Kier molecular flexibility index (Phi) is 17.7. The number of alkyl carbamates (subject to hydrolysis) is 1. The van der Waals surface area contributed by atoms with Crippen LogP contribution in [0.1, 0.15) is 76.0 Å². The molecular formula is C52H52Cl2F2N4O11S. The lowest BCUT2D eigenvalue weighted by molar-refractivity contribution is -0.605. The Morgan fingerprint density at radius 1 is 0.875 bits per heavy atom. The molecule has 380 valence electrons. The molecule has 20 heteroatoms. The first-order valence-corrected chi connectivity index (χ1v) is 25.2. The molecule has 15 nitrogen and oxygen atoms in total. The van der Waals surface area contributed by atoms with Crippen molar-refractivity contribution in [3.63, 3.8) is 0 Å². The molecule has 4 saturated heterocycles. The molecule has 1 aromatic heterocycles. The predicted molar refractivity (Wildman–Crippen MR) is 263 cm³/mol. The van der Waals surface area contributed by atoms with Crippen molar-refractivity contribution in [2.45, 2.75) is 68.9 Å². The zero-order valence-corrected chi connectivity index (χ0v) is 41.1. The number of carbonyl (C=O) groups excluding carboxylic acids is 3. The van der Waals surface area contributed by atoms with Crippen LogP contribution in [0.15, 0.2) is 109 Å². The van der Waals surface area contributed by atoms with E-state index in [4.69, 9.17) is 56.8 Å². The van der Waals surface area contributed by atoms with Crippen molar-refractivity contribution in [3.8, 4) is 17.2 Å². The first-order chi connectivity index (χ1) is 34.8. The summed E-state index contributed by atoms with van der Waals surface area (Å²) in [4.78, 5) is 54.0. The SMILES string of the molecule is O=C(N[C@@H](c1ccccc1)c1cccc(OC(=O)c2cccc(CN3CCS[C@H]3C(=O)O[C@@H](Cc3c(Cl)c[n+]([O-])cc3Cl)c3ccc(OC(F)F)c(OCC4CC4)c3)c2)c1)O[C@H]1CN2CCC1CC2.O=CO. The molecule has 2 bridgehead atoms. The number of piperidine rings is 3. The number of thioether (sulfide) groups is 1. The van der Waals surface area contributed by atoms with E-state index in [1.165, 1.54) is 30.0 Å². The second-order valence-electron chi connectivity index (χ2n) is 17.8. The van der Waals surface area contributed by atoms with Crippen molar-refractivity contribution in [2.75, 3.05) is 38.5 Å². The molecule has 72 heavy (non-hydrogen) atoms. The van der Waals surface area contributed by atoms with Crippen molar-refractivity contribution in [2.24, 2.45) is 11.8 Å². The number of amides is 1. The molecule has 4 aliphatic heterocycles. The smallest absolute Gasteiger partial charge is 0.408 e. The zero-order chi connectivity index (χ0) is 50.7. The van der Waals surface area contributed by atoms with E-state index >= 15 is 0 Å². The number of hydrogen-bond donors (Lipinski definition) is 2. The van der Waals surface area contributed by atoms with Gasteiger partial charge in [-0.2, -0.15) is 13.5 Å². The van der Waals surface area contributed by atoms with Gasteiger partial charge >= 0.3 is 24.6 Å². The average Bonchev–Trinajstić information content (AvgIpc) is 4.09. The Labute approximate surface area is 428 Å². The highest BCUT2D eigenvalue weighted by Gasteiger charge is 2.38. The van der Waals surface area contributed by atoms with E-state index in [-0.39, 0.29) is 58.4 Å². The number of fused-ring (bicyclic) bond motifs is 3. The summed E-state index contributed by atoms with van der Waals surface area (Å²) < 4.78 is 56.1. The first-order valence-electron chi connectivity index (χ1n) is 23.4. The zero-order valence-electron chi connectivity index (χ0n) is 38.8. The summed E-state index contributed by atoms with van der Waals surface area (Å²) in [6, 6.07) is 27.3. The monoisotopic (exact) mass is 1050 g/mol. The van der Waals surface area contributed by atoms with Gasteiger partial charge in [-0.15, -0.1) is 11.8 Å². The molecule has 0 spiro atoms. The van der Waals surface area contributed by atoms with E-state index in [9.17, 15) is 28.4 Å². The number of nitrogens with zero attached hydrogens (tertiary/aromatic N) is 3. The third kappa shape index (κ3) is 13.9. The maximum atomic E-state index is 14.2. The number of carbonyl (C=O) groups is 4. The highest BCUT2D eigenvalue weighted by atomic mass is 35.5. The van der Waals surface area contributed by atoms with Gasteiger partial charge in [0.2, 0.25) is 0 Å². The Morgan fingerprint density at radius 3 is 2.29 bits per heavy atom. The number of halogens is 4. The third-order valence-corrected chi connectivity index (χ3v) is 14.7. The highest BCUT2D eigenvalue weighted by molar-refractivity contribution is 8.00. The summed E-state index contributed by atoms with van der Waals surface area (Å²) in [7, 11) is 0. The minimum Gasteiger partial charge on any atom is -0.619 e. The number of benzene rings is 4. The van der Waals surface area contributed by atoms with Crippen LogP contribution in [0.5, 0.6) is 17.2 Å². The number of ether oxygens (including phenoxy) is 5. The van der Waals surface area contributed by atoms with Gasteiger partial charge in [-0.05, 0) is 109 Å². The second-order valence-corrected chi connectivity index (χ2v) is 19.8. The molecule has 2 N–H and O–H groups in total. The fraction of sp³-hybridized carbons (Fsp3) is 0.365. The molecule has 10 rings (SSSR count). The largest absolute Gasteiger partial charge is 0.619 e. The molecule has 4 aromatic carbocycles. The predicted octanol–water partition coefficient (Wildman–Crippen LogP) is 9.25. The average molecular weight is 1050 g/mol. The van der Waals surface area contributed by atoms with Crippen LogP contribution in [0.4, 0.5) is 13.6 Å². The fourth-order valence-electron chi connectivity index (χ4n) is 9.04. The van der Waals surface area contributed by atoms with E-state index < -0.39 is 42.2 Å². The number of esters is 2. The molecule has 1 aliphatic carbocycles. The summed E-state index contributed by atoms with van der Waals surface area (Å²) in [6.07, 6.45) is 4.46. The summed E-state index contributed by atoms with van der Waals surface area (Å²) in [6.45, 7) is 0.568. The fourth-order valence-corrected chi connectivity index (χ4v) is 10.8. The van der Waals surface area contributed by atoms with Gasteiger partial charge in [0, 0.05) is 37.4 Å². The van der Waals surface area contributed by atoms with Crippen LogP contribution in [0.25, 0.3) is 0 Å². The number of pyridine rings is 1. The summed E-state index contributed by atoms with van der Waals surface area (Å²) in [5, 5.41) is 21.4. The van der Waals surface area contributed by atoms with Gasteiger partial charge in [0.05, 0.1) is 18.2 Å². The van der Waals surface area contributed by atoms with Gasteiger partial charge in [0.1, 0.15) is 28.0 Å². The van der Waals surface area contributed by atoms with E-state index in [0.29, 0.717) is 52.2 Å². The number of carboxylic acid groups (broad SMARTS) is 1.